The van der Waals surface area contributed by atoms with Crippen LogP contribution in [0.2, 0.25) is 0 Å². The molecule has 1 aromatic heterocycles. The second-order valence-corrected chi connectivity index (χ2v) is 3.87. The molecule has 0 aliphatic heterocycles. The molecule has 1 amide bonds. The highest BCUT2D eigenvalue weighted by atomic mass is 32.1. The molecule has 0 aliphatic carbocycles. The van der Waals surface area contributed by atoms with Crippen LogP contribution in [0.3, 0.4) is 0 Å². The summed E-state index contributed by atoms with van der Waals surface area (Å²) in [5.41, 5.74) is 5.19. The molecule has 1 rings (SSSR count). The monoisotopic (exact) mass is 228 g/mol. The SMILES string of the molecule is NCCC(=O)NC(C(=O)O)c1cccs1. The molecule has 0 bridgehead atoms. The molecule has 82 valence electrons. The summed E-state index contributed by atoms with van der Waals surface area (Å²) in [6.07, 6.45) is 0.134. The quantitative estimate of drug-likeness (QED) is 0.677. The lowest BCUT2D eigenvalue weighted by Crippen LogP contribution is -2.34. The standard InChI is InChI=1S/C9H12N2O3S/c10-4-3-7(12)11-8(9(13)14)6-2-1-5-15-6/h1-2,5,8H,3-4,10H2,(H,11,12)(H,13,14). The maximum atomic E-state index is 11.2. The molecular formula is C9H12N2O3S. The fourth-order valence-corrected chi connectivity index (χ4v) is 1.84. The van der Waals surface area contributed by atoms with E-state index in [0.29, 0.717) is 4.88 Å². The number of carboxylic acid groups (broad SMARTS) is 1. The molecule has 1 aromatic rings. The first-order chi connectivity index (χ1) is 7.15. The number of nitrogens with two attached hydrogens (primary N) is 1. The van der Waals surface area contributed by atoms with E-state index in [1.165, 1.54) is 11.3 Å². The third-order valence-corrected chi connectivity index (χ3v) is 2.69. The molecule has 0 radical (unpaired) electrons. The van der Waals surface area contributed by atoms with Gasteiger partial charge in [-0.2, -0.15) is 0 Å². The molecular weight excluding hydrogens is 216 g/mol. The Morgan fingerprint density at radius 1 is 1.60 bits per heavy atom. The van der Waals surface area contributed by atoms with Crippen molar-refractivity contribution in [1.82, 2.24) is 5.32 Å². The van der Waals surface area contributed by atoms with E-state index < -0.39 is 12.0 Å². The van der Waals surface area contributed by atoms with Crippen molar-refractivity contribution in [3.05, 3.63) is 22.4 Å². The van der Waals surface area contributed by atoms with Gasteiger partial charge in [-0.05, 0) is 11.4 Å². The van der Waals surface area contributed by atoms with E-state index >= 15 is 0 Å². The van der Waals surface area contributed by atoms with Gasteiger partial charge in [0.2, 0.25) is 5.91 Å². The number of hydrogen-bond acceptors (Lipinski definition) is 4. The summed E-state index contributed by atoms with van der Waals surface area (Å²) < 4.78 is 0. The molecule has 0 aliphatic rings. The average Bonchev–Trinajstić information content (AvgIpc) is 2.66. The van der Waals surface area contributed by atoms with Gasteiger partial charge in [0.05, 0.1) is 0 Å². The first-order valence-electron chi connectivity index (χ1n) is 4.40. The topological polar surface area (TPSA) is 92.4 Å². The minimum absolute atomic E-state index is 0.134. The third kappa shape index (κ3) is 3.34. The van der Waals surface area contributed by atoms with Crippen LogP contribution in [0, 0.1) is 0 Å². The lowest BCUT2D eigenvalue weighted by molar-refractivity contribution is -0.141. The predicted molar refractivity (Wildman–Crippen MR) is 56.5 cm³/mol. The summed E-state index contributed by atoms with van der Waals surface area (Å²) in [6.45, 7) is 0.211. The number of carboxylic acids is 1. The van der Waals surface area contributed by atoms with E-state index in [1.807, 2.05) is 0 Å². The molecule has 1 heterocycles. The molecule has 0 saturated heterocycles. The van der Waals surface area contributed by atoms with Gasteiger partial charge in [-0.3, -0.25) is 4.79 Å². The van der Waals surface area contributed by atoms with E-state index in [0.717, 1.165) is 0 Å². The van der Waals surface area contributed by atoms with Crippen LogP contribution in [0.4, 0.5) is 0 Å². The zero-order valence-electron chi connectivity index (χ0n) is 7.97. The van der Waals surface area contributed by atoms with Crippen molar-refractivity contribution in [2.24, 2.45) is 5.73 Å². The highest BCUT2D eigenvalue weighted by Crippen LogP contribution is 2.19. The van der Waals surface area contributed by atoms with Crippen LogP contribution in [0.1, 0.15) is 17.3 Å². The molecule has 15 heavy (non-hydrogen) atoms. The van der Waals surface area contributed by atoms with E-state index in [1.54, 1.807) is 17.5 Å². The Bertz CT molecular complexity index is 337. The summed E-state index contributed by atoms with van der Waals surface area (Å²) >= 11 is 1.29. The van der Waals surface area contributed by atoms with Crippen LogP contribution in [0.25, 0.3) is 0 Å². The number of carbonyl (C=O) groups is 2. The molecule has 0 fully saturated rings. The Morgan fingerprint density at radius 2 is 2.33 bits per heavy atom. The van der Waals surface area contributed by atoms with Gasteiger partial charge in [-0.25, -0.2) is 4.79 Å². The van der Waals surface area contributed by atoms with Gasteiger partial charge in [0.15, 0.2) is 6.04 Å². The molecule has 4 N–H and O–H groups in total. The molecule has 0 saturated carbocycles. The predicted octanol–water partition coefficient (Wildman–Crippen LogP) is 0.339. The van der Waals surface area contributed by atoms with Crippen molar-refractivity contribution in [3.63, 3.8) is 0 Å². The van der Waals surface area contributed by atoms with Gasteiger partial charge in [-0.1, -0.05) is 6.07 Å². The van der Waals surface area contributed by atoms with Crippen molar-refractivity contribution in [2.45, 2.75) is 12.5 Å². The molecule has 5 nitrogen and oxygen atoms in total. The van der Waals surface area contributed by atoms with Crippen molar-refractivity contribution in [3.8, 4) is 0 Å². The van der Waals surface area contributed by atoms with Crippen LogP contribution in [-0.2, 0) is 9.59 Å². The molecule has 1 atom stereocenters. The summed E-state index contributed by atoms with van der Waals surface area (Å²) in [4.78, 5) is 22.7. The number of rotatable bonds is 5. The third-order valence-electron chi connectivity index (χ3n) is 1.75. The van der Waals surface area contributed by atoms with Gasteiger partial charge >= 0.3 is 5.97 Å². The maximum absolute atomic E-state index is 11.2. The van der Waals surface area contributed by atoms with Crippen molar-refractivity contribution in [2.75, 3.05) is 6.54 Å². The Morgan fingerprint density at radius 3 is 2.80 bits per heavy atom. The van der Waals surface area contributed by atoms with Crippen LogP contribution in [-0.4, -0.2) is 23.5 Å². The second kappa shape index (κ2) is 5.47. The number of amides is 1. The Balaban J connectivity index is 2.68. The summed E-state index contributed by atoms with van der Waals surface area (Å²) in [7, 11) is 0. The number of aliphatic carboxylic acids is 1. The fraction of sp³-hybridized carbons (Fsp3) is 0.333. The maximum Gasteiger partial charge on any atom is 0.331 e. The number of hydrogen-bond donors (Lipinski definition) is 3. The van der Waals surface area contributed by atoms with Gasteiger partial charge < -0.3 is 16.2 Å². The summed E-state index contributed by atoms with van der Waals surface area (Å²) in [5, 5.41) is 13.1. The lowest BCUT2D eigenvalue weighted by Gasteiger charge is -2.12. The van der Waals surface area contributed by atoms with E-state index in [4.69, 9.17) is 10.8 Å². The molecule has 0 spiro atoms. The summed E-state index contributed by atoms with van der Waals surface area (Å²) in [6, 6.07) is 2.45. The Kier molecular flexibility index (Phi) is 4.26. The Hall–Kier alpha value is -1.40. The van der Waals surface area contributed by atoms with Crippen molar-refractivity contribution < 1.29 is 14.7 Å². The average molecular weight is 228 g/mol. The fourth-order valence-electron chi connectivity index (χ4n) is 1.07. The van der Waals surface area contributed by atoms with Crippen LogP contribution in [0.15, 0.2) is 17.5 Å². The minimum Gasteiger partial charge on any atom is -0.479 e. The zero-order chi connectivity index (χ0) is 11.3. The van der Waals surface area contributed by atoms with Crippen LogP contribution in [0.5, 0.6) is 0 Å². The first-order valence-corrected chi connectivity index (χ1v) is 5.28. The molecule has 6 heteroatoms. The van der Waals surface area contributed by atoms with E-state index in [-0.39, 0.29) is 18.9 Å². The van der Waals surface area contributed by atoms with Gasteiger partial charge in [0, 0.05) is 17.8 Å². The second-order valence-electron chi connectivity index (χ2n) is 2.89. The highest BCUT2D eigenvalue weighted by Gasteiger charge is 2.22. The summed E-state index contributed by atoms with van der Waals surface area (Å²) in [5.74, 6) is -1.42. The molecule has 0 aromatic carbocycles. The largest absolute Gasteiger partial charge is 0.479 e. The van der Waals surface area contributed by atoms with Gasteiger partial charge in [0.25, 0.3) is 0 Å². The van der Waals surface area contributed by atoms with Gasteiger partial charge in [0.1, 0.15) is 0 Å². The van der Waals surface area contributed by atoms with Crippen molar-refractivity contribution >= 4 is 23.2 Å². The number of nitrogens with one attached hydrogen (secondary N) is 1. The minimum atomic E-state index is -1.07. The highest BCUT2D eigenvalue weighted by molar-refractivity contribution is 7.10. The van der Waals surface area contributed by atoms with Crippen molar-refractivity contribution in [1.29, 1.82) is 0 Å². The van der Waals surface area contributed by atoms with Crippen LogP contribution >= 0.6 is 11.3 Å². The Labute approximate surface area is 90.9 Å². The zero-order valence-corrected chi connectivity index (χ0v) is 8.79. The smallest absolute Gasteiger partial charge is 0.331 e. The number of carbonyl (C=O) groups excluding carboxylic acids is 1. The normalized spacial score (nSPS) is 12.1. The van der Waals surface area contributed by atoms with Gasteiger partial charge in [-0.15, -0.1) is 11.3 Å². The van der Waals surface area contributed by atoms with Crippen LogP contribution < -0.4 is 11.1 Å². The van der Waals surface area contributed by atoms with E-state index in [2.05, 4.69) is 5.32 Å². The first kappa shape index (κ1) is 11.7. The van der Waals surface area contributed by atoms with E-state index in [9.17, 15) is 9.59 Å². The lowest BCUT2D eigenvalue weighted by atomic mass is 10.2. The number of thiophene rings is 1. The molecule has 1 unspecified atom stereocenters.